The number of guanidine groups is 1. The Labute approximate surface area is 64.1 Å². The van der Waals surface area contributed by atoms with E-state index in [1.807, 2.05) is 0 Å². The maximum atomic E-state index is 5.12. The third kappa shape index (κ3) is 2.61. The molecule has 0 fully saturated rings. The first-order chi connectivity index (χ1) is 5.29. The summed E-state index contributed by atoms with van der Waals surface area (Å²) in [5, 5.41) is 7.44. The van der Waals surface area contributed by atoms with E-state index in [4.69, 9.17) is 11.5 Å². The summed E-state index contributed by atoms with van der Waals surface area (Å²) in [6.45, 7) is 0.385. The molecular formula is C6H9N5. The molecular weight excluding hydrogens is 142 g/mol. The van der Waals surface area contributed by atoms with Crippen LogP contribution in [-0.2, 0) is 6.54 Å². The Bertz CT molecular complexity index is 238. The van der Waals surface area contributed by atoms with E-state index in [1.165, 1.54) is 0 Å². The molecule has 0 aliphatic rings. The molecule has 0 aromatic carbocycles. The average molecular weight is 151 g/mol. The fourth-order valence-electron chi connectivity index (χ4n) is 0.590. The molecule has 0 saturated heterocycles. The van der Waals surface area contributed by atoms with Crippen LogP contribution >= 0.6 is 0 Å². The zero-order chi connectivity index (χ0) is 8.10. The number of hydrogen-bond acceptors (Lipinski definition) is 3. The van der Waals surface area contributed by atoms with Crippen molar-refractivity contribution < 1.29 is 0 Å². The number of nitrogens with zero attached hydrogens (tertiary/aromatic N) is 3. The Hall–Kier alpha value is -1.65. The summed E-state index contributed by atoms with van der Waals surface area (Å²) >= 11 is 0. The minimum atomic E-state index is 0.0654. The van der Waals surface area contributed by atoms with Gasteiger partial charge in [0.05, 0.1) is 12.2 Å². The van der Waals surface area contributed by atoms with Gasteiger partial charge >= 0.3 is 0 Å². The van der Waals surface area contributed by atoms with Crippen molar-refractivity contribution in [1.82, 2.24) is 10.2 Å². The summed E-state index contributed by atoms with van der Waals surface area (Å²) in [4.78, 5) is 3.76. The highest BCUT2D eigenvalue weighted by Gasteiger charge is 1.89. The Balaban J connectivity index is 2.59. The van der Waals surface area contributed by atoms with Gasteiger partial charge in [0.15, 0.2) is 5.96 Å². The lowest BCUT2D eigenvalue weighted by Gasteiger charge is -1.92. The van der Waals surface area contributed by atoms with Crippen molar-refractivity contribution in [2.24, 2.45) is 16.5 Å². The second-order valence-corrected chi connectivity index (χ2v) is 1.96. The molecule has 0 aliphatic carbocycles. The van der Waals surface area contributed by atoms with E-state index in [1.54, 1.807) is 18.3 Å². The molecule has 58 valence electrons. The summed E-state index contributed by atoms with van der Waals surface area (Å²) in [5.74, 6) is 0.0654. The van der Waals surface area contributed by atoms with Crippen molar-refractivity contribution >= 4 is 5.96 Å². The summed E-state index contributed by atoms with van der Waals surface area (Å²) in [6.07, 6.45) is 1.60. The molecule has 5 heteroatoms. The van der Waals surface area contributed by atoms with Crippen LogP contribution < -0.4 is 11.5 Å². The zero-order valence-corrected chi connectivity index (χ0v) is 5.94. The van der Waals surface area contributed by atoms with Crippen molar-refractivity contribution in [1.29, 1.82) is 0 Å². The van der Waals surface area contributed by atoms with Gasteiger partial charge in [-0.05, 0) is 12.1 Å². The topological polar surface area (TPSA) is 90.2 Å². The third-order valence-electron chi connectivity index (χ3n) is 1.05. The molecule has 1 rings (SSSR count). The number of nitrogens with two attached hydrogens (primary N) is 2. The molecule has 4 N–H and O–H groups in total. The average Bonchev–Trinajstić information content (AvgIpc) is 2.03. The summed E-state index contributed by atoms with van der Waals surface area (Å²) in [7, 11) is 0. The quantitative estimate of drug-likeness (QED) is 0.430. The molecule has 5 nitrogen and oxygen atoms in total. The highest BCUT2D eigenvalue weighted by molar-refractivity contribution is 5.75. The molecule has 0 amide bonds. The summed E-state index contributed by atoms with van der Waals surface area (Å²) < 4.78 is 0. The van der Waals surface area contributed by atoms with Gasteiger partial charge in [-0.3, -0.25) is 0 Å². The van der Waals surface area contributed by atoms with Crippen LogP contribution in [0.3, 0.4) is 0 Å². The lowest BCUT2D eigenvalue weighted by Crippen LogP contribution is -2.22. The van der Waals surface area contributed by atoms with E-state index >= 15 is 0 Å². The molecule has 11 heavy (non-hydrogen) atoms. The SMILES string of the molecule is NC(N)=NCc1cccnn1. The van der Waals surface area contributed by atoms with Crippen molar-refractivity contribution in [3.63, 3.8) is 0 Å². The summed E-state index contributed by atoms with van der Waals surface area (Å²) in [6, 6.07) is 3.59. The Kier molecular flexibility index (Phi) is 2.37. The molecule has 0 aliphatic heterocycles. The van der Waals surface area contributed by atoms with Gasteiger partial charge < -0.3 is 11.5 Å². The Morgan fingerprint density at radius 3 is 2.91 bits per heavy atom. The number of rotatable bonds is 2. The maximum Gasteiger partial charge on any atom is 0.186 e. The first-order valence-corrected chi connectivity index (χ1v) is 3.11. The van der Waals surface area contributed by atoms with E-state index in [-0.39, 0.29) is 5.96 Å². The van der Waals surface area contributed by atoms with E-state index in [0.717, 1.165) is 5.69 Å². The minimum absolute atomic E-state index is 0.0654. The van der Waals surface area contributed by atoms with Crippen LogP contribution in [0.15, 0.2) is 23.3 Å². The third-order valence-corrected chi connectivity index (χ3v) is 1.05. The maximum absolute atomic E-state index is 5.12. The normalized spacial score (nSPS) is 9.09. The number of aliphatic imine (C=N–C) groups is 1. The highest BCUT2D eigenvalue weighted by atomic mass is 15.1. The predicted octanol–water partition coefficient (Wildman–Crippen LogP) is -0.750. The van der Waals surface area contributed by atoms with Crippen LogP contribution in [0.1, 0.15) is 5.69 Å². The standard InChI is InChI=1S/C6H9N5/c7-6(8)9-4-5-2-1-3-10-11-5/h1-3H,4H2,(H4,7,8,9). The van der Waals surface area contributed by atoms with Crippen molar-refractivity contribution in [2.45, 2.75) is 6.54 Å². The molecule has 0 bridgehead atoms. The molecule has 0 saturated carbocycles. The molecule has 0 unspecified atom stereocenters. The van der Waals surface area contributed by atoms with E-state index < -0.39 is 0 Å². The van der Waals surface area contributed by atoms with Crippen molar-refractivity contribution in [3.8, 4) is 0 Å². The lowest BCUT2D eigenvalue weighted by molar-refractivity contribution is 0.896. The Morgan fingerprint density at radius 1 is 1.55 bits per heavy atom. The fraction of sp³-hybridized carbons (Fsp3) is 0.167. The monoisotopic (exact) mass is 151 g/mol. The van der Waals surface area contributed by atoms with Crippen LogP contribution in [0.2, 0.25) is 0 Å². The van der Waals surface area contributed by atoms with Gasteiger partial charge in [-0.25, -0.2) is 4.99 Å². The molecule has 1 aromatic rings. The second-order valence-electron chi connectivity index (χ2n) is 1.96. The van der Waals surface area contributed by atoms with Gasteiger partial charge in [0, 0.05) is 6.20 Å². The van der Waals surface area contributed by atoms with E-state index in [2.05, 4.69) is 15.2 Å². The predicted molar refractivity (Wildman–Crippen MR) is 41.5 cm³/mol. The largest absolute Gasteiger partial charge is 0.370 e. The molecule has 0 radical (unpaired) electrons. The smallest absolute Gasteiger partial charge is 0.186 e. The van der Waals surface area contributed by atoms with Crippen LogP contribution in [0.4, 0.5) is 0 Å². The van der Waals surface area contributed by atoms with E-state index in [9.17, 15) is 0 Å². The van der Waals surface area contributed by atoms with Crippen LogP contribution in [0, 0.1) is 0 Å². The van der Waals surface area contributed by atoms with Gasteiger partial charge in [-0.1, -0.05) is 0 Å². The molecule has 1 heterocycles. The van der Waals surface area contributed by atoms with E-state index in [0.29, 0.717) is 6.54 Å². The zero-order valence-electron chi connectivity index (χ0n) is 5.94. The summed E-state index contributed by atoms with van der Waals surface area (Å²) in [5.41, 5.74) is 11.0. The number of aromatic nitrogens is 2. The number of hydrogen-bond donors (Lipinski definition) is 2. The van der Waals surface area contributed by atoms with Gasteiger partial charge in [-0.15, -0.1) is 0 Å². The lowest BCUT2D eigenvalue weighted by atomic mass is 10.4. The second kappa shape index (κ2) is 3.50. The fourth-order valence-corrected chi connectivity index (χ4v) is 0.590. The first kappa shape index (κ1) is 7.46. The first-order valence-electron chi connectivity index (χ1n) is 3.11. The van der Waals surface area contributed by atoms with Crippen LogP contribution in [-0.4, -0.2) is 16.2 Å². The van der Waals surface area contributed by atoms with Crippen LogP contribution in [0.25, 0.3) is 0 Å². The Morgan fingerprint density at radius 2 is 2.36 bits per heavy atom. The van der Waals surface area contributed by atoms with Gasteiger partial charge in [0.25, 0.3) is 0 Å². The minimum Gasteiger partial charge on any atom is -0.370 e. The van der Waals surface area contributed by atoms with Gasteiger partial charge in [0.1, 0.15) is 0 Å². The van der Waals surface area contributed by atoms with Gasteiger partial charge in [0.2, 0.25) is 0 Å². The van der Waals surface area contributed by atoms with Crippen LogP contribution in [0.5, 0.6) is 0 Å². The molecule has 1 aromatic heterocycles. The van der Waals surface area contributed by atoms with Gasteiger partial charge in [-0.2, -0.15) is 10.2 Å². The van der Waals surface area contributed by atoms with Crippen molar-refractivity contribution in [2.75, 3.05) is 0 Å². The highest BCUT2D eigenvalue weighted by Crippen LogP contribution is 1.91. The van der Waals surface area contributed by atoms with Crippen molar-refractivity contribution in [3.05, 3.63) is 24.0 Å². The molecule has 0 atom stereocenters. The molecule has 0 spiro atoms.